The summed E-state index contributed by atoms with van der Waals surface area (Å²) in [5.74, 6) is -0.813. The van der Waals surface area contributed by atoms with Crippen LogP contribution in [0.1, 0.15) is 11.6 Å². The van der Waals surface area contributed by atoms with Gasteiger partial charge in [0.15, 0.2) is 5.71 Å². The Balaban J connectivity index is 2.13. The van der Waals surface area contributed by atoms with E-state index in [0.29, 0.717) is 0 Å². The molecule has 0 aliphatic heterocycles. The Kier molecular flexibility index (Phi) is 6.34. The van der Waals surface area contributed by atoms with Crippen molar-refractivity contribution in [1.82, 2.24) is 25.1 Å². The largest absolute Gasteiger partial charge is 0.464 e. The number of methoxy groups -OCH3 is 1. The number of carbonyl (C=O) groups excluding carboxylic acids is 3. The number of nitro groups is 1. The van der Waals surface area contributed by atoms with Crippen LogP contribution in [0.2, 0.25) is 0 Å². The third kappa shape index (κ3) is 4.61. The fraction of sp³-hybridized carbons (Fsp3) is 0.125. The summed E-state index contributed by atoms with van der Waals surface area (Å²) in [5, 5.41) is 21.1. The van der Waals surface area contributed by atoms with E-state index in [-0.39, 0.29) is 27.4 Å². The summed E-state index contributed by atoms with van der Waals surface area (Å²) in [6.45, 7) is 0. The highest BCUT2D eigenvalue weighted by Crippen LogP contribution is 2.21. The number of rotatable bonds is 7. The van der Waals surface area contributed by atoms with E-state index in [0.717, 1.165) is 19.2 Å². The third-order valence-electron chi connectivity index (χ3n) is 4.21. The zero-order valence-electron chi connectivity index (χ0n) is 16.4. The summed E-state index contributed by atoms with van der Waals surface area (Å²) in [5.41, 5.74) is -2.77. The molecule has 2 heterocycles. The predicted octanol–water partition coefficient (Wildman–Crippen LogP) is -0.609. The van der Waals surface area contributed by atoms with E-state index in [1.54, 1.807) is 0 Å². The summed E-state index contributed by atoms with van der Waals surface area (Å²) in [4.78, 5) is 70.7. The highest BCUT2D eigenvalue weighted by atomic mass is 32.1. The number of fused-ring (bicyclic) bond motifs is 1. The maximum absolute atomic E-state index is 13.0. The lowest BCUT2D eigenvalue weighted by atomic mass is 9.93. The van der Waals surface area contributed by atoms with Gasteiger partial charge in [-0.3, -0.25) is 40.0 Å². The van der Waals surface area contributed by atoms with Gasteiger partial charge in [0.1, 0.15) is 11.6 Å². The number of hydrogen-bond acceptors (Lipinski definition) is 12. The normalized spacial score (nSPS) is 12.2. The molecule has 1 atom stereocenters. The molecule has 0 aliphatic rings. The van der Waals surface area contributed by atoms with Crippen molar-refractivity contribution in [3.8, 4) is 0 Å². The number of nitrogens with one attached hydrogen (secondary N) is 4. The van der Waals surface area contributed by atoms with Crippen LogP contribution in [0.15, 0.2) is 28.1 Å². The number of hydrazone groups is 1. The number of nitrogens with two attached hydrogens (primary N) is 1. The van der Waals surface area contributed by atoms with E-state index < -0.39 is 45.5 Å². The van der Waals surface area contributed by atoms with Crippen molar-refractivity contribution < 1.29 is 24.0 Å². The van der Waals surface area contributed by atoms with E-state index in [4.69, 9.17) is 18.1 Å². The average Bonchev–Trinajstić information content (AvgIpc) is 3.20. The molecule has 6 N–H and O–H groups in total. The number of ether oxygens (including phenoxy) is 1. The molecule has 1 aromatic carbocycles. The summed E-state index contributed by atoms with van der Waals surface area (Å²) < 4.78 is 4.52. The average molecular weight is 475 g/mol. The smallest absolute Gasteiger partial charge is 0.355 e. The maximum Gasteiger partial charge on any atom is 0.355 e. The molecule has 0 saturated heterocycles. The van der Waals surface area contributed by atoms with Crippen LogP contribution < -0.4 is 16.7 Å². The molecule has 0 aliphatic carbocycles. The van der Waals surface area contributed by atoms with Gasteiger partial charge >= 0.3 is 5.97 Å². The molecular weight excluding hydrogens is 462 g/mol. The van der Waals surface area contributed by atoms with Gasteiger partial charge in [0.25, 0.3) is 17.2 Å². The Bertz CT molecular complexity index is 1440. The minimum Gasteiger partial charge on any atom is -0.464 e. The van der Waals surface area contributed by atoms with Crippen molar-refractivity contribution >= 4 is 58.3 Å². The Morgan fingerprint density at radius 3 is 2.61 bits per heavy atom. The van der Waals surface area contributed by atoms with Crippen LogP contribution in [-0.4, -0.2) is 60.6 Å². The molecule has 2 aromatic heterocycles. The van der Waals surface area contributed by atoms with Crippen molar-refractivity contribution in [2.75, 3.05) is 12.4 Å². The SMILES string of the molecule is COC(=O)/C(=N\N)C(C(=O)C(=O)Nc1nc(=S)[nH][nH]1)c1nc2ccc([N+](=O)[O-])cc2[nH]c1=O. The van der Waals surface area contributed by atoms with Crippen molar-refractivity contribution in [2.45, 2.75) is 5.92 Å². The molecule has 0 radical (unpaired) electrons. The predicted molar refractivity (Wildman–Crippen MR) is 113 cm³/mol. The van der Waals surface area contributed by atoms with Crippen molar-refractivity contribution in [3.05, 3.63) is 49.1 Å². The van der Waals surface area contributed by atoms with Gasteiger partial charge in [0.05, 0.1) is 23.1 Å². The van der Waals surface area contributed by atoms with E-state index in [1.165, 1.54) is 6.07 Å². The highest BCUT2D eigenvalue weighted by molar-refractivity contribution is 7.71. The minimum absolute atomic E-state index is 0.0187. The molecule has 17 heteroatoms. The lowest BCUT2D eigenvalue weighted by molar-refractivity contribution is -0.384. The monoisotopic (exact) mass is 475 g/mol. The molecule has 0 fully saturated rings. The molecule has 16 nitrogen and oxygen atoms in total. The Labute approximate surface area is 186 Å². The number of amides is 1. The number of Topliss-reactive ketones (excluding diaryl/α,β-unsaturated/α-hetero) is 1. The number of esters is 1. The number of non-ortho nitro benzene ring substituents is 1. The standard InChI is InChI=1S/C16H13N9O7S/c1-32-14(29)10(22-17)8(11(26)13(28)20-15-21-16(33)24-23-15)9-12(27)19-7-4-5(25(30)31)2-3-6(7)18-9/h2-4,8H,17H2,1H3,(H,19,27)(H3,20,21,23,24,28,33)/b22-10-. The fourth-order valence-electron chi connectivity index (χ4n) is 2.75. The van der Waals surface area contributed by atoms with Crippen LogP contribution in [0.3, 0.4) is 0 Å². The highest BCUT2D eigenvalue weighted by Gasteiger charge is 2.39. The topological polar surface area (TPSA) is 244 Å². The molecule has 1 amide bonds. The number of aromatic nitrogens is 5. The number of H-pyrrole nitrogens is 3. The molecule has 3 aromatic rings. The first-order valence-electron chi connectivity index (χ1n) is 8.70. The number of hydrogen-bond donors (Lipinski definition) is 5. The summed E-state index contributed by atoms with van der Waals surface area (Å²) in [6, 6.07) is 3.36. The second-order valence-corrected chi connectivity index (χ2v) is 6.57. The van der Waals surface area contributed by atoms with Crippen molar-refractivity contribution in [1.29, 1.82) is 0 Å². The minimum atomic E-state index is -1.98. The summed E-state index contributed by atoms with van der Waals surface area (Å²) >= 11 is 4.75. The quantitative estimate of drug-likeness (QED) is 0.0548. The molecule has 1 unspecified atom stereocenters. The van der Waals surface area contributed by atoms with Gasteiger partial charge in [0, 0.05) is 12.1 Å². The van der Waals surface area contributed by atoms with Crippen molar-refractivity contribution in [3.63, 3.8) is 0 Å². The Morgan fingerprint density at radius 1 is 1.30 bits per heavy atom. The van der Waals surface area contributed by atoms with Crippen LogP contribution in [0.4, 0.5) is 11.6 Å². The second-order valence-electron chi connectivity index (χ2n) is 6.18. The van der Waals surface area contributed by atoms with Crippen LogP contribution in [0.25, 0.3) is 11.0 Å². The van der Waals surface area contributed by atoms with Gasteiger partial charge in [0.2, 0.25) is 16.5 Å². The van der Waals surface area contributed by atoms with E-state index in [2.05, 4.69) is 40.3 Å². The van der Waals surface area contributed by atoms with Gasteiger partial charge in [-0.05, 0) is 18.3 Å². The molecule has 0 bridgehead atoms. The van der Waals surface area contributed by atoms with Gasteiger partial charge in [-0.2, -0.15) is 10.1 Å². The number of benzene rings is 1. The van der Waals surface area contributed by atoms with E-state index >= 15 is 0 Å². The van der Waals surface area contributed by atoms with Crippen LogP contribution in [0.5, 0.6) is 0 Å². The lowest BCUT2D eigenvalue weighted by Crippen LogP contribution is -2.40. The lowest BCUT2D eigenvalue weighted by Gasteiger charge is -2.15. The first-order valence-corrected chi connectivity index (χ1v) is 9.11. The van der Waals surface area contributed by atoms with Crippen LogP contribution in [0, 0.1) is 14.9 Å². The number of aromatic amines is 3. The zero-order chi connectivity index (χ0) is 24.3. The molecule has 0 saturated carbocycles. The Hall–Kier alpha value is -4.80. The number of nitro benzene ring substituents is 1. The third-order valence-corrected chi connectivity index (χ3v) is 4.41. The van der Waals surface area contributed by atoms with Crippen LogP contribution in [-0.2, 0) is 19.1 Å². The number of carbonyl (C=O) groups is 3. The molecule has 0 spiro atoms. The maximum atomic E-state index is 13.0. The molecule has 33 heavy (non-hydrogen) atoms. The second kappa shape index (κ2) is 9.14. The fourth-order valence-corrected chi connectivity index (χ4v) is 2.90. The van der Waals surface area contributed by atoms with Crippen molar-refractivity contribution in [2.24, 2.45) is 10.9 Å². The number of anilines is 1. The summed E-state index contributed by atoms with van der Waals surface area (Å²) in [7, 11) is 0.968. The molecule has 3 rings (SSSR count). The first kappa shape index (κ1) is 22.9. The van der Waals surface area contributed by atoms with E-state index in [9.17, 15) is 29.3 Å². The number of ketones is 1. The van der Waals surface area contributed by atoms with Gasteiger partial charge in [-0.1, -0.05) is 0 Å². The summed E-state index contributed by atoms with van der Waals surface area (Å²) in [6.07, 6.45) is 0. The van der Waals surface area contributed by atoms with E-state index in [1.807, 2.05) is 0 Å². The molecule has 170 valence electrons. The molecular formula is C16H13N9O7S. The van der Waals surface area contributed by atoms with Crippen LogP contribution >= 0.6 is 12.2 Å². The zero-order valence-corrected chi connectivity index (χ0v) is 17.3. The first-order chi connectivity index (χ1) is 15.7. The Morgan fingerprint density at radius 2 is 2.03 bits per heavy atom. The van der Waals surface area contributed by atoms with Gasteiger partial charge < -0.3 is 15.6 Å². The van der Waals surface area contributed by atoms with Gasteiger partial charge in [-0.25, -0.2) is 9.78 Å². The van der Waals surface area contributed by atoms with Gasteiger partial charge in [-0.15, -0.1) is 0 Å². The number of nitrogens with zero attached hydrogens (tertiary/aromatic N) is 4.